The molecule has 4 aromatic rings. The van der Waals surface area contributed by atoms with E-state index in [9.17, 15) is 27.2 Å². The summed E-state index contributed by atoms with van der Waals surface area (Å²) in [7, 11) is 0. The average Bonchev–Trinajstić information content (AvgIpc) is 3.60. The van der Waals surface area contributed by atoms with Crippen molar-refractivity contribution in [2.75, 3.05) is 5.32 Å². The first-order valence-electron chi connectivity index (χ1n) is 13.1. The van der Waals surface area contributed by atoms with E-state index in [2.05, 4.69) is 36.0 Å². The van der Waals surface area contributed by atoms with Crippen LogP contribution < -0.4 is 15.4 Å². The minimum atomic E-state index is -4.80. The number of nitrogens with one attached hydrogen (secondary N) is 2. The molecule has 0 radical (unpaired) electrons. The van der Waals surface area contributed by atoms with Crippen LogP contribution in [0.1, 0.15) is 46.9 Å². The van der Waals surface area contributed by atoms with Gasteiger partial charge < -0.3 is 15.4 Å². The molecular weight excluding hydrogens is 560 g/mol. The van der Waals surface area contributed by atoms with Crippen molar-refractivity contribution in [3.8, 4) is 5.75 Å². The molecule has 2 heterocycles. The van der Waals surface area contributed by atoms with E-state index in [-0.39, 0.29) is 30.2 Å². The Kier molecular flexibility index (Phi) is 9.83. The maximum absolute atomic E-state index is 14.0. The maximum Gasteiger partial charge on any atom is 0.573 e. The van der Waals surface area contributed by atoms with Gasteiger partial charge in [-0.25, -0.2) is 4.39 Å². The van der Waals surface area contributed by atoms with Crippen molar-refractivity contribution >= 4 is 17.6 Å². The summed E-state index contributed by atoms with van der Waals surface area (Å²) in [5.41, 5.74) is 1.75. The molecule has 0 aliphatic carbocycles. The Morgan fingerprint density at radius 3 is 2.43 bits per heavy atom. The number of nitrogens with zero attached hydrogens (tertiary/aromatic N) is 6. The highest BCUT2D eigenvalue weighted by Crippen LogP contribution is 2.23. The van der Waals surface area contributed by atoms with E-state index < -0.39 is 24.0 Å². The van der Waals surface area contributed by atoms with Gasteiger partial charge in [-0.1, -0.05) is 41.6 Å². The molecule has 15 heteroatoms. The van der Waals surface area contributed by atoms with Crippen molar-refractivity contribution in [3.05, 3.63) is 83.1 Å². The lowest BCUT2D eigenvalue weighted by Gasteiger charge is -2.10. The first-order chi connectivity index (χ1) is 20.1. The SMILES string of the molecule is CCc1ccc(F)c(CC(=O)Nc2cn(CCCCn3cc(C(=O)NCc4cccc(OC(F)(F)F)c4)nn3)nn2)c1. The Morgan fingerprint density at radius 2 is 1.69 bits per heavy atom. The molecule has 0 aliphatic heterocycles. The molecule has 4 rings (SSSR count). The number of rotatable bonds is 13. The number of anilines is 1. The number of amides is 2. The predicted octanol–water partition coefficient (Wildman–Crippen LogP) is 4.06. The summed E-state index contributed by atoms with van der Waals surface area (Å²) >= 11 is 0. The molecule has 0 aliphatic rings. The zero-order valence-corrected chi connectivity index (χ0v) is 22.6. The highest BCUT2D eigenvalue weighted by Gasteiger charge is 2.31. The third-order valence-electron chi connectivity index (χ3n) is 6.06. The molecule has 0 bridgehead atoms. The molecule has 2 aromatic heterocycles. The molecule has 0 saturated carbocycles. The van der Waals surface area contributed by atoms with Gasteiger partial charge in [0.1, 0.15) is 11.6 Å². The first kappa shape index (κ1) is 30.1. The van der Waals surface area contributed by atoms with Gasteiger partial charge in [0, 0.05) is 19.6 Å². The topological polar surface area (TPSA) is 129 Å². The normalized spacial score (nSPS) is 11.4. The molecule has 222 valence electrons. The Balaban J connectivity index is 1.17. The Labute approximate surface area is 237 Å². The third kappa shape index (κ3) is 9.11. The summed E-state index contributed by atoms with van der Waals surface area (Å²) in [6.45, 7) is 2.91. The van der Waals surface area contributed by atoms with Gasteiger partial charge >= 0.3 is 6.36 Å². The summed E-state index contributed by atoms with van der Waals surface area (Å²) < 4.78 is 58.2. The minimum absolute atomic E-state index is 0.0238. The highest BCUT2D eigenvalue weighted by molar-refractivity contribution is 5.92. The second-order valence-corrected chi connectivity index (χ2v) is 9.32. The zero-order valence-electron chi connectivity index (χ0n) is 22.6. The van der Waals surface area contributed by atoms with Crippen LogP contribution >= 0.6 is 0 Å². The van der Waals surface area contributed by atoms with Crippen molar-refractivity contribution in [1.82, 2.24) is 35.3 Å². The van der Waals surface area contributed by atoms with Gasteiger partial charge in [-0.2, -0.15) is 0 Å². The molecular formula is C27H28F4N8O3. The number of aryl methyl sites for hydroxylation is 3. The summed E-state index contributed by atoms with van der Waals surface area (Å²) in [4.78, 5) is 24.7. The molecule has 0 atom stereocenters. The van der Waals surface area contributed by atoms with E-state index in [1.807, 2.05) is 6.92 Å². The van der Waals surface area contributed by atoms with Crippen LogP contribution in [0.15, 0.2) is 54.9 Å². The number of hydrogen-bond acceptors (Lipinski definition) is 7. The van der Waals surface area contributed by atoms with Crippen LogP contribution in [0.2, 0.25) is 0 Å². The Morgan fingerprint density at radius 1 is 0.952 bits per heavy atom. The molecule has 2 N–H and O–H groups in total. The van der Waals surface area contributed by atoms with Gasteiger partial charge in [0.05, 0.1) is 18.8 Å². The van der Waals surface area contributed by atoms with Crippen LogP contribution in [0.25, 0.3) is 0 Å². The van der Waals surface area contributed by atoms with E-state index in [1.165, 1.54) is 35.1 Å². The lowest BCUT2D eigenvalue weighted by Crippen LogP contribution is -2.23. The number of aromatic nitrogens is 6. The largest absolute Gasteiger partial charge is 0.573 e. The van der Waals surface area contributed by atoms with Gasteiger partial charge in [0.15, 0.2) is 11.5 Å². The van der Waals surface area contributed by atoms with Crippen LogP contribution in [-0.2, 0) is 37.3 Å². The van der Waals surface area contributed by atoms with E-state index in [1.54, 1.807) is 29.1 Å². The lowest BCUT2D eigenvalue weighted by atomic mass is 10.1. The second-order valence-electron chi connectivity index (χ2n) is 9.32. The molecule has 0 unspecified atom stereocenters. The smallest absolute Gasteiger partial charge is 0.406 e. The van der Waals surface area contributed by atoms with Gasteiger partial charge in [-0.05, 0) is 54.2 Å². The Hall–Kier alpha value is -4.82. The highest BCUT2D eigenvalue weighted by atomic mass is 19.4. The molecule has 11 nitrogen and oxygen atoms in total. The summed E-state index contributed by atoms with van der Waals surface area (Å²) in [6, 6.07) is 10.0. The van der Waals surface area contributed by atoms with Gasteiger partial charge in [-0.15, -0.1) is 23.4 Å². The summed E-state index contributed by atoms with van der Waals surface area (Å²) in [5, 5.41) is 20.9. The van der Waals surface area contributed by atoms with E-state index in [4.69, 9.17) is 0 Å². The van der Waals surface area contributed by atoms with E-state index in [0.29, 0.717) is 37.1 Å². The quantitative estimate of drug-likeness (QED) is 0.178. The van der Waals surface area contributed by atoms with E-state index in [0.717, 1.165) is 12.0 Å². The standard InChI is InChI=1S/C27H28F4N8O3/c1-2-18-8-9-22(28)20(12-18)14-25(40)33-24-17-39(37-35-24)11-4-3-10-38-16-23(34-36-38)26(41)32-15-19-6-5-7-21(13-19)42-27(29,30)31/h5-9,12-13,16-17H,2-4,10-11,14-15H2,1H3,(H,32,41)(H,33,40). The fourth-order valence-corrected chi connectivity index (χ4v) is 3.99. The number of alkyl halides is 3. The van der Waals surface area contributed by atoms with Crippen molar-refractivity contribution in [1.29, 1.82) is 0 Å². The van der Waals surface area contributed by atoms with Crippen LogP contribution in [-0.4, -0.2) is 48.2 Å². The number of unbranched alkanes of at least 4 members (excludes halogenated alkanes) is 1. The number of carbonyl (C=O) groups is 2. The van der Waals surface area contributed by atoms with Crippen LogP contribution in [0.4, 0.5) is 23.4 Å². The first-order valence-corrected chi connectivity index (χ1v) is 13.1. The number of benzene rings is 2. The minimum Gasteiger partial charge on any atom is -0.406 e. The third-order valence-corrected chi connectivity index (χ3v) is 6.06. The fraction of sp³-hybridized carbons (Fsp3) is 0.333. The molecule has 2 amide bonds. The number of ether oxygens (including phenoxy) is 1. The van der Waals surface area contributed by atoms with Gasteiger partial charge in [0.25, 0.3) is 5.91 Å². The van der Waals surface area contributed by atoms with Crippen molar-refractivity contribution in [2.24, 2.45) is 0 Å². The van der Waals surface area contributed by atoms with Crippen molar-refractivity contribution < 1.29 is 31.9 Å². The molecule has 0 fully saturated rings. The van der Waals surface area contributed by atoms with Crippen molar-refractivity contribution in [2.45, 2.75) is 58.6 Å². The van der Waals surface area contributed by atoms with Crippen LogP contribution in [0.5, 0.6) is 5.75 Å². The van der Waals surface area contributed by atoms with Crippen LogP contribution in [0.3, 0.4) is 0 Å². The monoisotopic (exact) mass is 588 g/mol. The Bertz CT molecular complexity index is 1520. The molecule has 0 spiro atoms. The van der Waals surface area contributed by atoms with Gasteiger partial charge in [-0.3, -0.25) is 19.0 Å². The molecule has 42 heavy (non-hydrogen) atoms. The van der Waals surface area contributed by atoms with Gasteiger partial charge in [0.2, 0.25) is 5.91 Å². The van der Waals surface area contributed by atoms with Crippen molar-refractivity contribution in [3.63, 3.8) is 0 Å². The summed E-state index contributed by atoms with van der Waals surface area (Å²) in [5.74, 6) is -1.48. The number of halogens is 4. The summed E-state index contributed by atoms with van der Waals surface area (Å²) in [6.07, 6.45) is 0.228. The lowest BCUT2D eigenvalue weighted by molar-refractivity contribution is -0.274. The van der Waals surface area contributed by atoms with E-state index >= 15 is 0 Å². The predicted molar refractivity (Wildman–Crippen MR) is 142 cm³/mol. The zero-order chi connectivity index (χ0) is 30.1. The number of hydrogen-bond donors (Lipinski definition) is 2. The number of carbonyl (C=O) groups excluding carboxylic acids is 2. The second kappa shape index (κ2) is 13.7. The average molecular weight is 589 g/mol. The molecule has 0 saturated heterocycles. The fourth-order valence-electron chi connectivity index (χ4n) is 3.99. The maximum atomic E-state index is 14.0. The van der Waals surface area contributed by atoms with Crippen LogP contribution in [0, 0.1) is 5.82 Å². The molecule has 2 aromatic carbocycles.